The summed E-state index contributed by atoms with van der Waals surface area (Å²) in [4.78, 5) is 22.8. The Balaban J connectivity index is 2.42. The molecule has 0 aromatic heterocycles. The van der Waals surface area contributed by atoms with Gasteiger partial charge in [-0.25, -0.2) is 0 Å². The predicted octanol–water partition coefficient (Wildman–Crippen LogP) is 4.45. The Morgan fingerprint density at radius 2 is 1.84 bits per heavy atom. The van der Waals surface area contributed by atoms with Crippen molar-refractivity contribution in [3.63, 3.8) is 0 Å². The number of carbonyl (C=O) groups excluding carboxylic acids is 2. The van der Waals surface area contributed by atoms with E-state index in [2.05, 4.69) is 0 Å². The lowest BCUT2D eigenvalue weighted by molar-refractivity contribution is -0.109. The molecule has 0 atom stereocenters. The molecule has 0 saturated carbocycles. The minimum absolute atomic E-state index is 0.00382. The molecule has 0 N–H and O–H groups in total. The van der Waals surface area contributed by atoms with Crippen LogP contribution in [0.4, 0.5) is 0 Å². The molecule has 1 aliphatic rings. The van der Waals surface area contributed by atoms with Crippen molar-refractivity contribution in [2.24, 2.45) is 0 Å². The van der Waals surface area contributed by atoms with Crippen LogP contribution in [-0.2, 0) is 14.1 Å². The van der Waals surface area contributed by atoms with Crippen molar-refractivity contribution in [2.75, 3.05) is 5.75 Å². The van der Waals surface area contributed by atoms with E-state index < -0.39 is 18.3 Å². The largest absolute Gasteiger partial charge is 0.491 e. The van der Waals surface area contributed by atoms with Crippen molar-refractivity contribution in [3.8, 4) is 0 Å². The van der Waals surface area contributed by atoms with Crippen LogP contribution in [0, 0.1) is 0 Å². The Morgan fingerprint density at radius 1 is 1.24 bits per heavy atom. The molecule has 7 heteroatoms. The fraction of sp³-hybridized carbons (Fsp3) is 0.444. The first-order valence-corrected chi connectivity index (χ1v) is 9.37. The zero-order valence-corrected chi connectivity index (χ0v) is 16.7. The average Bonchev–Trinajstić information content (AvgIpc) is 2.71. The fourth-order valence-electron chi connectivity index (χ4n) is 2.36. The number of hydrogen-bond acceptors (Lipinski definition) is 5. The molecule has 1 heterocycles. The molecular formula is C18H22BClO4S. The van der Waals surface area contributed by atoms with Crippen LogP contribution < -0.4 is 0 Å². The van der Waals surface area contributed by atoms with Crippen LogP contribution in [0.15, 0.2) is 23.7 Å². The second-order valence-electron chi connectivity index (χ2n) is 6.95. The normalized spacial score (nSPS) is 19.1. The Morgan fingerprint density at radius 3 is 2.36 bits per heavy atom. The van der Waals surface area contributed by atoms with Crippen LogP contribution in [0.2, 0.25) is 5.02 Å². The lowest BCUT2D eigenvalue weighted by Gasteiger charge is -2.32. The van der Waals surface area contributed by atoms with E-state index in [0.29, 0.717) is 21.9 Å². The second kappa shape index (κ2) is 7.66. The third kappa shape index (κ3) is 4.56. The van der Waals surface area contributed by atoms with E-state index in [9.17, 15) is 9.59 Å². The summed E-state index contributed by atoms with van der Waals surface area (Å²) < 4.78 is 12.2. The Bertz CT molecular complexity index is 699. The van der Waals surface area contributed by atoms with E-state index in [0.717, 1.165) is 11.8 Å². The molecule has 134 valence electrons. The van der Waals surface area contributed by atoms with Crippen molar-refractivity contribution in [1.29, 1.82) is 0 Å². The van der Waals surface area contributed by atoms with Crippen LogP contribution in [0.1, 0.15) is 50.5 Å². The molecule has 4 nitrogen and oxygen atoms in total. The standard InChI is InChI=1S/C18H22BClO4S/c1-12(22)25-11-14(19-23-17(2,3)18(4,5)24-19)9-13-7-6-8-16(20)15(13)10-21/h6-10H,11H2,1-5H3. The van der Waals surface area contributed by atoms with Crippen LogP contribution in [-0.4, -0.2) is 35.5 Å². The van der Waals surface area contributed by atoms with Crippen LogP contribution in [0.3, 0.4) is 0 Å². The number of rotatable bonds is 5. The summed E-state index contributed by atoms with van der Waals surface area (Å²) in [5.41, 5.74) is 0.894. The summed E-state index contributed by atoms with van der Waals surface area (Å²) >= 11 is 7.28. The monoisotopic (exact) mass is 380 g/mol. The summed E-state index contributed by atoms with van der Waals surface area (Å²) in [7, 11) is -0.588. The highest BCUT2D eigenvalue weighted by atomic mass is 35.5. The van der Waals surface area contributed by atoms with Gasteiger partial charge in [0.15, 0.2) is 11.4 Å². The first-order valence-electron chi connectivity index (χ1n) is 8.00. The van der Waals surface area contributed by atoms with Gasteiger partial charge in [0.25, 0.3) is 0 Å². The van der Waals surface area contributed by atoms with Gasteiger partial charge in [-0.2, -0.15) is 0 Å². The third-order valence-electron chi connectivity index (χ3n) is 4.54. The number of halogens is 1. The second-order valence-corrected chi connectivity index (χ2v) is 8.51. The van der Waals surface area contributed by atoms with E-state index in [4.69, 9.17) is 20.9 Å². The van der Waals surface area contributed by atoms with Crippen molar-refractivity contribution in [3.05, 3.63) is 39.8 Å². The van der Waals surface area contributed by atoms with Gasteiger partial charge in [0.1, 0.15) is 0 Å². The number of hydrogen-bond donors (Lipinski definition) is 0. The maximum Gasteiger partial charge on any atom is 0.491 e. The van der Waals surface area contributed by atoms with Crippen LogP contribution in [0.25, 0.3) is 6.08 Å². The van der Waals surface area contributed by atoms with Gasteiger partial charge in [0.2, 0.25) is 0 Å². The van der Waals surface area contributed by atoms with E-state index >= 15 is 0 Å². The first kappa shape index (κ1) is 20.2. The summed E-state index contributed by atoms with van der Waals surface area (Å²) in [5.74, 6) is 0.414. The van der Waals surface area contributed by atoms with E-state index in [1.54, 1.807) is 18.2 Å². The smallest absolute Gasteiger partial charge is 0.400 e. The molecule has 2 rings (SSSR count). The van der Waals surface area contributed by atoms with Gasteiger partial charge in [-0.05, 0) is 44.8 Å². The minimum Gasteiger partial charge on any atom is -0.400 e. The van der Waals surface area contributed by atoms with E-state index in [-0.39, 0.29) is 5.12 Å². The van der Waals surface area contributed by atoms with Crippen LogP contribution in [0.5, 0.6) is 0 Å². The topological polar surface area (TPSA) is 52.6 Å². The highest BCUT2D eigenvalue weighted by Crippen LogP contribution is 2.39. The van der Waals surface area contributed by atoms with Crippen molar-refractivity contribution in [2.45, 2.75) is 45.8 Å². The lowest BCUT2D eigenvalue weighted by atomic mass is 9.78. The summed E-state index contributed by atoms with van der Waals surface area (Å²) in [6.45, 7) is 9.40. The summed E-state index contributed by atoms with van der Waals surface area (Å²) in [6.07, 6.45) is 2.56. The van der Waals surface area contributed by atoms with E-state index in [1.807, 2.05) is 33.8 Å². The van der Waals surface area contributed by atoms with Gasteiger partial charge in [-0.3, -0.25) is 9.59 Å². The SMILES string of the molecule is CC(=O)SCC(=Cc1cccc(Cl)c1C=O)B1OC(C)(C)C(C)(C)O1. The quantitative estimate of drug-likeness (QED) is 0.558. The maximum absolute atomic E-state index is 11.4. The van der Waals surface area contributed by atoms with Gasteiger partial charge in [-0.1, -0.05) is 41.6 Å². The minimum atomic E-state index is -0.588. The predicted molar refractivity (Wildman–Crippen MR) is 104 cm³/mol. The average molecular weight is 381 g/mol. The molecule has 0 bridgehead atoms. The van der Waals surface area contributed by atoms with E-state index in [1.165, 1.54) is 18.7 Å². The molecule has 0 unspecified atom stereocenters. The lowest BCUT2D eigenvalue weighted by Crippen LogP contribution is -2.41. The number of thioether (sulfide) groups is 1. The van der Waals surface area contributed by atoms with Gasteiger partial charge >= 0.3 is 7.12 Å². The molecule has 1 aliphatic heterocycles. The molecular weight excluding hydrogens is 359 g/mol. The Hall–Kier alpha value is -1.08. The zero-order valence-electron chi connectivity index (χ0n) is 15.1. The molecule has 1 saturated heterocycles. The third-order valence-corrected chi connectivity index (χ3v) is 5.76. The van der Waals surface area contributed by atoms with Gasteiger partial charge in [-0.15, -0.1) is 0 Å². The first-order chi connectivity index (χ1) is 11.6. The molecule has 0 aliphatic carbocycles. The number of benzene rings is 1. The van der Waals surface area contributed by atoms with Crippen molar-refractivity contribution < 1.29 is 18.9 Å². The summed E-state index contributed by atoms with van der Waals surface area (Å²) in [6, 6.07) is 5.25. The Kier molecular flexibility index (Phi) is 6.20. The molecule has 1 aromatic rings. The van der Waals surface area contributed by atoms with Gasteiger partial charge in [0.05, 0.1) is 16.2 Å². The number of aldehydes is 1. The summed E-state index contributed by atoms with van der Waals surface area (Å²) in [5, 5.41) is 0.389. The highest BCUT2D eigenvalue weighted by molar-refractivity contribution is 8.13. The molecule has 1 fully saturated rings. The highest BCUT2D eigenvalue weighted by Gasteiger charge is 2.52. The van der Waals surface area contributed by atoms with Crippen LogP contribution >= 0.6 is 23.4 Å². The molecule has 1 aromatic carbocycles. The molecule has 25 heavy (non-hydrogen) atoms. The molecule has 0 spiro atoms. The van der Waals surface area contributed by atoms with Gasteiger partial charge in [0, 0.05) is 18.2 Å². The molecule has 0 radical (unpaired) electrons. The van der Waals surface area contributed by atoms with Crippen molar-refractivity contribution >= 4 is 48.0 Å². The van der Waals surface area contributed by atoms with Crippen molar-refractivity contribution in [1.82, 2.24) is 0 Å². The number of carbonyl (C=O) groups is 2. The molecule has 0 amide bonds. The van der Waals surface area contributed by atoms with Gasteiger partial charge < -0.3 is 9.31 Å². The Labute approximate surface area is 158 Å². The zero-order chi connectivity index (χ0) is 18.8. The maximum atomic E-state index is 11.4. The fourth-order valence-corrected chi connectivity index (χ4v) is 3.18.